The summed E-state index contributed by atoms with van der Waals surface area (Å²) >= 11 is 3.24. The first kappa shape index (κ1) is 18.6. The Bertz CT molecular complexity index is 850. The molecule has 3 aromatic rings. The third-order valence-corrected chi connectivity index (χ3v) is 6.01. The molecule has 0 aliphatic carbocycles. The predicted octanol–water partition coefficient (Wildman–Crippen LogP) is 5.21. The number of aromatic nitrogens is 1. The molecule has 136 valence electrons. The average Bonchev–Trinajstić information content (AvgIpc) is 3.27. The molecule has 0 aliphatic rings. The summed E-state index contributed by atoms with van der Waals surface area (Å²) in [5, 5.41) is 6.02. The predicted molar refractivity (Wildman–Crippen MR) is 113 cm³/mol. The van der Waals surface area contributed by atoms with Crippen LogP contribution in [-0.2, 0) is 11.2 Å². The highest BCUT2D eigenvalue weighted by molar-refractivity contribution is 7.15. The summed E-state index contributed by atoms with van der Waals surface area (Å²) in [5.74, 6) is -0.0120. The van der Waals surface area contributed by atoms with Crippen molar-refractivity contribution in [2.75, 3.05) is 23.3 Å². The van der Waals surface area contributed by atoms with E-state index < -0.39 is 0 Å². The van der Waals surface area contributed by atoms with Gasteiger partial charge in [-0.2, -0.15) is 0 Å². The van der Waals surface area contributed by atoms with Gasteiger partial charge in [0.05, 0.1) is 22.0 Å². The van der Waals surface area contributed by atoms with Crippen molar-refractivity contribution in [3.63, 3.8) is 0 Å². The molecule has 1 N–H and O–H groups in total. The number of amides is 1. The molecule has 0 saturated carbocycles. The fourth-order valence-electron chi connectivity index (χ4n) is 2.89. The van der Waals surface area contributed by atoms with Crippen LogP contribution in [0.3, 0.4) is 0 Å². The molecule has 2 heterocycles. The number of benzene rings is 1. The van der Waals surface area contributed by atoms with Crippen LogP contribution in [-0.4, -0.2) is 24.0 Å². The average molecular weight is 386 g/mol. The molecule has 0 aliphatic heterocycles. The zero-order chi connectivity index (χ0) is 18.5. The number of hydrogen-bond acceptors (Lipinski definition) is 5. The quantitative estimate of drug-likeness (QED) is 0.607. The van der Waals surface area contributed by atoms with E-state index in [0.717, 1.165) is 39.2 Å². The van der Waals surface area contributed by atoms with E-state index in [4.69, 9.17) is 0 Å². The molecule has 4 nitrogen and oxygen atoms in total. The Morgan fingerprint density at radius 1 is 1.15 bits per heavy atom. The molecule has 3 rings (SSSR count). The van der Waals surface area contributed by atoms with Gasteiger partial charge in [-0.1, -0.05) is 6.07 Å². The highest BCUT2D eigenvalue weighted by Crippen LogP contribution is 2.31. The summed E-state index contributed by atoms with van der Waals surface area (Å²) in [6.45, 7) is 8.20. The van der Waals surface area contributed by atoms with Gasteiger partial charge >= 0.3 is 0 Å². The molecule has 1 aromatic carbocycles. The van der Waals surface area contributed by atoms with Crippen LogP contribution in [0.15, 0.2) is 41.8 Å². The van der Waals surface area contributed by atoms with E-state index >= 15 is 0 Å². The minimum absolute atomic E-state index is 0.0120. The van der Waals surface area contributed by atoms with Crippen LogP contribution in [0.5, 0.6) is 0 Å². The number of aryl methyl sites for hydroxylation is 1. The summed E-state index contributed by atoms with van der Waals surface area (Å²) in [6.07, 6.45) is 0.344. The van der Waals surface area contributed by atoms with E-state index in [1.807, 2.05) is 36.6 Å². The lowest BCUT2D eigenvalue weighted by Gasteiger charge is -2.21. The van der Waals surface area contributed by atoms with Crippen LogP contribution >= 0.6 is 22.7 Å². The molecular formula is C20H23N3OS2. The number of carbonyl (C=O) groups is 1. The number of nitrogens with one attached hydrogen (secondary N) is 1. The second kappa shape index (κ2) is 8.47. The SMILES string of the molecule is CCN(CC)c1ccc(NC(=O)Cc2sc(C)nc2-c2cccs2)cc1. The maximum Gasteiger partial charge on any atom is 0.229 e. The fourth-order valence-corrected chi connectivity index (χ4v) is 4.65. The molecule has 0 radical (unpaired) electrons. The van der Waals surface area contributed by atoms with Crippen LogP contribution in [0.4, 0.5) is 11.4 Å². The summed E-state index contributed by atoms with van der Waals surface area (Å²) in [7, 11) is 0. The van der Waals surface area contributed by atoms with Gasteiger partial charge in [0.25, 0.3) is 0 Å². The topological polar surface area (TPSA) is 45.2 Å². The molecular weight excluding hydrogens is 362 g/mol. The number of thiazole rings is 1. The first-order valence-electron chi connectivity index (χ1n) is 8.75. The molecule has 2 aromatic heterocycles. The lowest BCUT2D eigenvalue weighted by molar-refractivity contribution is -0.115. The zero-order valence-electron chi connectivity index (χ0n) is 15.3. The number of rotatable bonds is 7. The molecule has 6 heteroatoms. The Labute approximate surface area is 162 Å². The van der Waals surface area contributed by atoms with Gasteiger partial charge in [0.2, 0.25) is 5.91 Å². The van der Waals surface area contributed by atoms with Gasteiger partial charge in [-0.3, -0.25) is 4.79 Å². The first-order chi connectivity index (χ1) is 12.6. The molecule has 0 saturated heterocycles. The third kappa shape index (κ3) is 4.31. The Hall–Kier alpha value is -2.18. The van der Waals surface area contributed by atoms with Gasteiger partial charge in [-0.15, -0.1) is 22.7 Å². The lowest BCUT2D eigenvalue weighted by Crippen LogP contribution is -2.21. The van der Waals surface area contributed by atoms with Crippen molar-refractivity contribution in [2.24, 2.45) is 0 Å². The normalized spacial score (nSPS) is 10.7. The van der Waals surface area contributed by atoms with Gasteiger partial charge in [-0.25, -0.2) is 4.98 Å². The second-order valence-electron chi connectivity index (χ2n) is 5.93. The van der Waals surface area contributed by atoms with Gasteiger partial charge in [0.15, 0.2) is 0 Å². The van der Waals surface area contributed by atoms with E-state index in [1.54, 1.807) is 22.7 Å². The summed E-state index contributed by atoms with van der Waals surface area (Å²) in [4.78, 5) is 21.5. The van der Waals surface area contributed by atoms with Crippen LogP contribution < -0.4 is 10.2 Å². The highest BCUT2D eigenvalue weighted by Gasteiger charge is 2.15. The number of anilines is 2. The standard InChI is InChI=1S/C20H23N3OS2/c1-4-23(5-2)16-10-8-15(9-11-16)22-19(24)13-18-20(21-14(3)26-18)17-7-6-12-25-17/h6-12H,4-5,13H2,1-3H3,(H,22,24). The Kier molecular flexibility index (Phi) is 6.06. The number of thiophene rings is 1. The highest BCUT2D eigenvalue weighted by atomic mass is 32.1. The monoisotopic (exact) mass is 385 g/mol. The van der Waals surface area contributed by atoms with Crippen LogP contribution in [0, 0.1) is 6.92 Å². The number of carbonyl (C=O) groups excluding carboxylic acids is 1. The molecule has 0 spiro atoms. The summed E-state index contributed by atoms with van der Waals surface area (Å²) in [5.41, 5.74) is 2.94. The van der Waals surface area contributed by atoms with Crippen LogP contribution in [0.25, 0.3) is 10.6 Å². The van der Waals surface area contributed by atoms with E-state index in [2.05, 4.69) is 41.2 Å². The zero-order valence-corrected chi connectivity index (χ0v) is 16.9. The minimum atomic E-state index is -0.0120. The van der Waals surface area contributed by atoms with Crippen molar-refractivity contribution in [1.82, 2.24) is 4.98 Å². The van der Waals surface area contributed by atoms with Crippen molar-refractivity contribution in [1.29, 1.82) is 0 Å². The first-order valence-corrected chi connectivity index (χ1v) is 10.4. The number of nitrogens with zero attached hydrogens (tertiary/aromatic N) is 2. The van der Waals surface area contributed by atoms with Gasteiger partial charge < -0.3 is 10.2 Å². The molecule has 0 unspecified atom stereocenters. The minimum Gasteiger partial charge on any atom is -0.372 e. The largest absolute Gasteiger partial charge is 0.372 e. The third-order valence-electron chi connectivity index (χ3n) is 4.16. The van der Waals surface area contributed by atoms with Crippen LogP contribution in [0.1, 0.15) is 23.7 Å². The molecule has 1 amide bonds. The van der Waals surface area contributed by atoms with E-state index in [1.165, 1.54) is 5.69 Å². The van der Waals surface area contributed by atoms with Crippen molar-refractivity contribution in [3.8, 4) is 10.6 Å². The molecule has 26 heavy (non-hydrogen) atoms. The van der Waals surface area contributed by atoms with E-state index in [0.29, 0.717) is 6.42 Å². The molecule has 0 bridgehead atoms. The second-order valence-corrected chi connectivity index (χ2v) is 8.16. The van der Waals surface area contributed by atoms with Crippen molar-refractivity contribution < 1.29 is 4.79 Å². The van der Waals surface area contributed by atoms with Crippen molar-refractivity contribution in [2.45, 2.75) is 27.2 Å². The summed E-state index contributed by atoms with van der Waals surface area (Å²) in [6, 6.07) is 12.1. The van der Waals surface area contributed by atoms with Crippen molar-refractivity contribution in [3.05, 3.63) is 51.7 Å². The van der Waals surface area contributed by atoms with E-state index in [9.17, 15) is 4.79 Å². The van der Waals surface area contributed by atoms with E-state index in [-0.39, 0.29) is 5.91 Å². The Morgan fingerprint density at radius 2 is 1.88 bits per heavy atom. The lowest BCUT2D eigenvalue weighted by atomic mass is 10.2. The maximum absolute atomic E-state index is 12.5. The maximum atomic E-state index is 12.5. The van der Waals surface area contributed by atoms with Gasteiger partial charge in [-0.05, 0) is 56.5 Å². The Morgan fingerprint density at radius 3 is 2.50 bits per heavy atom. The number of hydrogen-bond donors (Lipinski definition) is 1. The summed E-state index contributed by atoms with van der Waals surface area (Å²) < 4.78 is 0. The molecule has 0 fully saturated rings. The van der Waals surface area contributed by atoms with Gasteiger partial charge in [0.1, 0.15) is 0 Å². The fraction of sp³-hybridized carbons (Fsp3) is 0.300. The Balaban J connectivity index is 1.68. The van der Waals surface area contributed by atoms with Gasteiger partial charge in [0, 0.05) is 29.3 Å². The van der Waals surface area contributed by atoms with Crippen molar-refractivity contribution >= 4 is 40.0 Å². The molecule has 0 atom stereocenters. The smallest absolute Gasteiger partial charge is 0.229 e. The van der Waals surface area contributed by atoms with Crippen LogP contribution in [0.2, 0.25) is 0 Å².